The van der Waals surface area contributed by atoms with E-state index in [1.807, 2.05) is 78.9 Å². The van der Waals surface area contributed by atoms with Gasteiger partial charge < -0.3 is 9.64 Å². The van der Waals surface area contributed by atoms with Crippen molar-refractivity contribution in [2.75, 3.05) is 13.7 Å². The molecule has 2 aromatic carbocycles. The number of carbonyl (C=O) groups is 2. The van der Waals surface area contributed by atoms with Crippen LogP contribution in [0.2, 0.25) is 0 Å². The third-order valence-electron chi connectivity index (χ3n) is 6.04. The number of rotatable bonds is 6. The van der Waals surface area contributed by atoms with E-state index in [-0.39, 0.29) is 17.8 Å². The fraction of sp³-hybridized carbons (Fsp3) is 0.296. The molecule has 0 aromatic heterocycles. The van der Waals surface area contributed by atoms with Crippen LogP contribution in [0.15, 0.2) is 90.0 Å². The second kappa shape index (κ2) is 10.2. The first-order valence-corrected chi connectivity index (χ1v) is 11.1. The monoisotopic (exact) mass is 428 g/mol. The van der Waals surface area contributed by atoms with Crippen LogP contribution in [0.5, 0.6) is 0 Å². The third kappa shape index (κ3) is 4.72. The van der Waals surface area contributed by atoms with Gasteiger partial charge in [-0.2, -0.15) is 0 Å². The molecule has 2 aromatic rings. The third-order valence-corrected chi connectivity index (χ3v) is 6.04. The topological polar surface area (TPSA) is 59.0 Å². The fourth-order valence-electron chi connectivity index (χ4n) is 4.40. The number of nitrogens with zero attached hydrogens (tertiary/aromatic N) is 2. The highest BCUT2D eigenvalue weighted by Gasteiger charge is 2.40. The van der Waals surface area contributed by atoms with E-state index >= 15 is 0 Å². The van der Waals surface area contributed by atoms with E-state index in [1.54, 1.807) is 4.90 Å². The van der Waals surface area contributed by atoms with Crippen LogP contribution in [0.4, 0.5) is 0 Å². The van der Waals surface area contributed by atoms with Crippen molar-refractivity contribution in [3.05, 3.63) is 96.1 Å². The second-order valence-electron chi connectivity index (χ2n) is 8.08. The number of ether oxygens (including phenoxy) is 1. The highest BCUT2D eigenvalue weighted by molar-refractivity contribution is 6.13. The standard InChI is InChI=1S/C27H28N2O3/c1-32-27(31)23-18-11-19-29(23)26(30)25(22-16-9-4-10-17-22)28-24(20-12-5-2-6-13-20)21-14-7-3-8-15-21/h2-10,12-16,22-23,25H,11,17-19H2,1H3/t22-,23-,25?/m0/s1. The summed E-state index contributed by atoms with van der Waals surface area (Å²) >= 11 is 0. The van der Waals surface area contributed by atoms with Gasteiger partial charge in [-0.3, -0.25) is 9.79 Å². The van der Waals surface area contributed by atoms with E-state index in [9.17, 15) is 9.59 Å². The van der Waals surface area contributed by atoms with E-state index in [0.717, 1.165) is 29.7 Å². The summed E-state index contributed by atoms with van der Waals surface area (Å²) in [5.41, 5.74) is 2.69. The Labute approximate surface area is 189 Å². The Morgan fingerprint density at radius 1 is 1.00 bits per heavy atom. The molecule has 0 spiro atoms. The van der Waals surface area contributed by atoms with Crippen LogP contribution < -0.4 is 0 Å². The highest BCUT2D eigenvalue weighted by Crippen LogP contribution is 2.27. The molecule has 1 amide bonds. The number of amides is 1. The summed E-state index contributed by atoms with van der Waals surface area (Å²) < 4.78 is 4.97. The Morgan fingerprint density at radius 2 is 1.66 bits per heavy atom. The zero-order valence-electron chi connectivity index (χ0n) is 18.3. The predicted molar refractivity (Wildman–Crippen MR) is 125 cm³/mol. The van der Waals surface area contributed by atoms with Crippen molar-refractivity contribution in [3.63, 3.8) is 0 Å². The summed E-state index contributed by atoms with van der Waals surface area (Å²) in [4.78, 5) is 32.9. The maximum absolute atomic E-state index is 13.8. The molecule has 1 aliphatic carbocycles. The number of carbonyl (C=O) groups excluding carboxylic acids is 2. The number of aliphatic imine (C=N–C) groups is 1. The lowest BCUT2D eigenvalue weighted by Gasteiger charge is -2.29. The van der Waals surface area contributed by atoms with Gasteiger partial charge in [-0.15, -0.1) is 0 Å². The summed E-state index contributed by atoms with van der Waals surface area (Å²) in [5, 5.41) is 0. The summed E-state index contributed by atoms with van der Waals surface area (Å²) in [5.74, 6) is -0.551. The zero-order chi connectivity index (χ0) is 22.3. The van der Waals surface area contributed by atoms with E-state index in [4.69, 9.17) is 9.73 Å². The Balaban J connectivity index is 1.77. The van der Waals surface area contributed by atoms with Crippen molar-refractivity contribution in [1.29, 1.82) is 0 Å². The molecule has 0 saturated carbocycles. The van der Waals surface area contributed by atoms with Gasteiger partial charge in [-0.05, 0) is 19.3 Å². The van der Waals surface area contributed by atoms with Gasteiger partial charge >= 0.3 is 5.97 Å². The molecule has 1 aliphatic heterocycles. The summed E-state index contributed by atoms with van der Waals surface area (Å²) in [7, 11) is 1.37. The normalized spacial score (nSPS) is 20.6. The summed E-state index contributed by atoms with van der Waals surface area (Å²) in [6, 6.07) is 18.7. The molecule has 0 radical (unpaired) electrons. The first-order chi connectivity index (χ1) is 15.7. The molecule has 1 fully saturated rings. The van der Waals surface area contributed by atoms with E-state index < -0.39 is 12.1 Å². The molecule has 0 bridgehead atoms. The highest BCUT2D eigenvalue weighted by atomic mass is 16.5. The molecule has 5 heteroatoms. The number of benzene rings is 2. The molecule has 1 heterocycles. The van der Waals surface area contributed by atoms with E-state index in [0.29, 0.717) is 13.0 Å². The van der Waals surface area contributed by atoms with Gasteiger partial charge in [0.15, 0.2) is 0 Å². The minimum atomic E-state index is -0.628. The van der Waals surface area contributed by atoms with Gasteiger partial charge in [0.2, 0.25) is 5.91 Å². The first-order valence-electron chi connectivity index (χ1n) is 11.1. The van der Waals surface area contributed by atoms with Gasteiger partial charge in [0.05, 0.1) is 12.8 Å². The van der Waals surface area contributed by atoms with Crippen LogP contribution in [0.1, 0.15) is 30.4 Å². The number of allylic oxidation sites excluding steroid dienone is 3. The Kier molecular flexibility index (Phi) is 6.95. The minimum Gasteiger partial charge on any atom is -0.467 e. The molecule has 32 heavy (non-hydrogen) atoms. The van der Waals surface area contributed by atoms with Gasteiger partial charge in [0.1, 0.15) is 12.1 Å². The van der Waals surface area contributed by atoms with Crippen molar-refractivity contribution >= 4 is 17.6 Å². The largest absolute Gasteiger partial charge is 0.467 e. The number of esters is 1. The Hall–Kier alpha value is -3.47. The Bertz CT molecular complexity index is 986. The van der Waals surface area contributed by atoms with Crippen molar-refractivity contribution in [2.45, 2.75) is 31.3 Å². The molecule has 1 saturated heterocycles. The minimum absolute atomic E-state index is 0.0752. The molecule has 5 nitrogen and oxygen atoms in total. The number of hydrogen-bond donors (Lipinski definition) is 0. The number of methoxy groups -OCH3 is 1. The molecule has 164 valence electrons. The van der Waals surface area contributed by atoms with Gasteiger partial charge in [0.25, 0.3) is 0 Å². The van der Waals surface area contributed by atoms with Gasteiger partial charge in [0, 0.05) is 23.6 Å². The average molecular weight is 429 g/mol. The maximum atomic E-state index is 13.8. The second-order valence-corrected chi connectivity index (χ2v) is 8.08. The Morgan fingerprint density at radius 3 is 2.22 bits per heavy atom. The van der Waals surface area contributed by atoms with Crippen LogP contribution in [-0.2, 0) is 14.3 Å². The van der Waals surface area contributed by atoms with Crippen molar-refractivity contribution in [2.24, 2.45) is 10.9 Å². The van der Waals surface area contributed by atoms with Crippen molar-refractivity contribution in [1.82, 2.24) is 4.90 Å². The predicted octanol–water partition coefficient (Wildman–Crippen LogP) is 4.19. The van der Waals surface area contributed by atoms with Crippen LogP contribution in [0.3, 0.4) is 0 Å². The summed E-state index contributed by atoms with van der Waals surface area (Å²) in [6.45, 7) is 0.545. The average Bonchev–Trinajstić information content (AvgIpc) is 3.35. The SMILES string of the molecule is COC(=O)[C@@H]1CCCN1C(=O)C(N=C(c1ccccc1)c1ccccc1)[C@H]1C=CC=CC1. The smallest absolute Gasteiger partial charge is 0.328 e. The van der Waals surface area contributed by atoms with Crippen LogP contribution in [0, 0.1) is 5.92 Å². The van der Waals surface area contributed by atoms with Crippen molar-refractivity contribution < 1.29 is 14.3 Å². The maximum Gasteiger partial charge on any atom is 0.328 e. The van der Waals surface area contributed by atoms with Gasteiger partial charge in [-0.1, -0.05) is 85.0 Å². The van der Waals surface area contributed by atoms with Gasteiger partial charge in [-0.25, -0.2) is 4.79 Å². The van der Waals surface area contributed by atoms with Crippen LogP contribution in [0.25, 0.3) is 0 Å². The lowest BCUT2D eigenvalue weighted by atomic mass is 9.91. The first kappa shape index (κ1) is 21.8. The molecular formula is C27H28N2O3. The number of likely N-dealkylation sites (tertiary alicyclic amines) is 1. The van der Waals surface area contributed by atoms with E-state index in [1.165, 1.54) is 7.11 Å². The molecule has 4 rings (SSSR count). The molecule has 3 atom stereocenters. The quantitative estimate of drug-likeness (QED) is 0.512. The molecular weight excluding hydrogens is 400 g/mol. The zero-order valence-corrected chi connectivity index (χ0v) is 18.3. The molecule has 0 N–H and O–H groups in total. The van der Waals surface area contributed by atoms with Crippen LogP contribution in [-0.4, -0.2) is 48.2 Å². The van der Waals surface area contributed by atoms with Crippen molar-refractivity contribution in [3.8, 4) is 0 Å². The lowest BCUT2D eigenvalue weighted by molar-refractivity contribution is -0.151. The van der Waals surface area contributed by atoms with Crippen LogP contribution >= 0.6 is 0 Å². The fourth-order valence-corrected chi connectivity index (χ4v) is 4.40. The molecule has 2 aliphatic rings. The number of hydrogen-bond acceptors (Lipinski definition) is 4. The molecule has 1 unspecified atom stereocenters. The lowest BCUT2D eigenvalue weighted by Crippen LogP contribution is -2.47. The van der Waals surface area contributed by atoms with E-state index in [2.05, 4.69) is 6.08 Å². The summed E-state index contributed by atoms with van der Waals surface area (Å²) in [6.07, 6.45) is 10.2.